The molecule has 0 aromatic heterocycles. The van der Waals surface area contributed by atoms with Crippen LogP contribution in [0, 0.1) is 5.41 Å². The fraction of sp³-hybridized carbons (Fsp3) is 0.500. The second-order valence-electron chi connectivity index (χ2n) is 5.89. The Bertz CT molecular complexity index is 646. The zero-order valence-electron chi connectivity index (χ0n) is 13.3. The van der Waals surface area contributed by atoms with Crippen molar-refractivity contribution in [1.29, 1.82) is 0 Å². The van der Waals surface area contributed by atoms with Gasteiger partial charge >= 0.3 is 12.1 Å². The van der Waals surface area contributed by atoms with Crippen molar-refractivity contribution in [2.24, 2.45) is 5.41 Å². The van der Waals surface area contributed by atoms with Crippen molar-refractivity contribution in [2.75, 3.05) is 20.2 Å². The standard InChI is InChI=1S/C16H18F3NO4/c1-10(11-4-3-5-12(8-11)24-2)13(21)20-7-6-15(9-20,14(22)23)16(17,18)19/h3-5,8,10H,6-7,9H2,1-2H3,(H,22,23). The number of carboxylic acid groups (broad SMARTS) is 1. The van der Waals surface area contributed by atoms with Gasteiger partial charge in [-0.1, -0.05) is 12.1 Å². The van der Waals surface area contributed by atoms with Gasteiger partial charge in [-0.15, -0.1) is 0 Å². The predicted octanol–water partition coefficient (Wildman–Crippen LogP) is 2.66. The Hall–Kier alpha value is -2.25. The van der Waals surface area contributed by atoms with Crippen molar-refractivity contribution < 1.29 is 32.6 Å². The van der Waals surface area contributed by atoms with Gasteiger partial charge in [-0.3, -0.25) is 9.59 Å². The summed E-state index contributed by atoms with van der Waals surface area (Å²) in [6, 6.07) is 6.68. The van der Waals surface area contributed by atoms with Gasteiger partial charge in [0.15, 0.2) is 5.41 Å². The van der Waals surface area contributed by atoms with E-state index in [1.54, 1.807) is 31.2 Å². The van der Waals surface area contributed by atoms with Crippen molar-refractivity contribution >= 4 is 11.9 Å². The lowest BCUT2D eigenvalue weighted by Gasteiger charge is -2.28. The number of carboxylic acids is 1. The number of halogens is 3. The summed E-state index contributed by atoms with van der Waals surface area (Å²) in [4.78, 5) is 24.7. The third-order valence-electron chi connectivity index (χ3n) is 4.50. The number of carbonyl (C=O) groups excluding carboxylic acids is 1. The fourth-order valence-electron chi connectivity index (χ4n) is 2.85. The third-order valence-corrected chi connectivity index (χ3v) is 4.50. The van der Waals surface area contributed by atoms with E-state index in [1.165, 1.54) is 7.11 Å². The molecule has 1 aromatic carbocycles. The largest absolute Gasteiger partial charge is 0.497 e. The number of likely N-dealkylation sites (tertiary alicyclic amines) is 1. The van der Waals surface area contributed by atoms with E-state index in [-0.39, 0.29) is 6.54 Å². The van der Waals surface area contributed by atoms with E-state index in [0.29, 0.717) is 11.3 Å². The van der Waals surface area contributed by atoms with E-state index >= 15 is 0 Å². The summed E-state index contributed by atoms with van der Waals surface area (Å²) >= 11 is 0. The maximum Gasteiger partial charge on any atom is 0.406 e. The molecule has 5 nitrogen and oxygen atoms in total. The van der Waals surface area contributed by atoms with Crippen LogP contribution in [0.3, 0.4) is 0 Å². The number of hydrogen-bond donors (Lipinski definition) is 1. The quantitative estimate of drug-likeness (QED) is 0.911. The molecule has 2 atom stereocenters. The Labute approximate surface area is 137 Å². The van der Waals surface area contributed by atoms with Crippen LogP contribution in [0.15, 0.2) is 24.3 Å². The van der Waals surface area contributed by atoms with Crippen LogP contribution in [0.4, 0.5) is 13.2 Å². The lowest BCUT2D eigenvalue weighted by molar-refractivity contribution is -0.227. The first-order chi connectivity index (χ1) is 11.1. The van der Waals surface area contributed by atoms with Crippen molar-refractivity contribution in [2.45, 2.75) is 25.4 Å². The number of rotatable bonds is 4. The molecular formula is C16H18F3NO4. The van der Waals surface area contributed by atoms with Gasteiger partial charge < -0.3 is 14.7 Å². The summed E-state index contributed by atoms with van der Waals surface area (Å²) in [5, 5.41) is 9.05. The molecular weight excluding hydrogens is 327 g/mol. The summed E-state index contributed by atoms with van der Waals surface area (Å²) in [6.07, 6.45) is -5.55. The molecule has 0 saturated carbocycles. The first-order valence-corrected chi connectivity index (χ1v) is 7.35. The second-order valence-corrected chi connectivity index (χ2v) is 5.89. The summed E-state index contributed by atoms with van der Waals surface area (Å²) < 4.78 is 44.6. The number of aliphatic carboxylic acids is 1. The van der Waals surface area contributed by atoms with Gasteiger partial charge in [0.2, 0.25) is 5.91 Å². The molecule has 1 aliphatic rings. The van der Waals surface area contributed by atoms with Crippen LogP contribution in [0.1, 0.15) is 24.8 Å². The first-order valence-electron chi connectivity index (χ1n) is 7.35. The molecule has 0 spiro atoms. The molecule has 1 aromatic rings. The Balaban J connectivity index is 2.20. The number of amides is 1. The molecule has 24 heavy (non-hydrogen) atoms. The van der Waals surface area contributed by atoms with Crippen LogP contribution >= 0.6 is 0 Å². The summed E-state index contributed by atoms with van der Waals surface area (Å²) in [5.41, 5.74) is -2.30. The smallest absolute Gasteiger partial charge is 0.406 e. The van der Waals surface area contributed by atoms with Gasteiger partial charge in [-0.2, -0.15) is 13.2 Å². The average molecular weight is 345 g/mol. The molecule has 132 valence electrons. The van der Waals surface area contributed by atoms with Crippen LogP contribution < -0.4 is 4.74 Å². The predicted molar refractivity (Wildman–Crippen MR) is 78.7 cm³/mol. The van der Waals surface area contributed by atoms with E-state index in [2.05, 4.69) is 0 Å². The zero-order chi connectivity index (χ0) is 18.1. The highest BCUT2D eigenvalue weighted by Gasteiger charge is 2.64. The van der Waals surface area contributed by atoms with E-state index in [0.717, 1.165) is 4.90 Å². The molecule has 0 bridgehead atoms. The topological polar surface area (TPSA) is 66.8 Å². The highest BCUT2D eigenvalue weighted by atomic mass is 19.4. The average Bonchev–Trinajstić information content (AvgIpc) is 3.00. The summed E-state index contributed by atoms with van der Waals surface area (Å²) in [5.74, 6) is -2.64. The lowest BCUT2D eigenvalue weighted by Crippen LogP contribution is -2.48. The van der Waals surface area contributed by atoms with Gasteiger partial charge in [0.1, 0.15) is 5.75 Å². The highest BCUT2D eigenvalue weighted by Crippen LogP contribution is 2.46. The monoisotopic (exact) mass is 345 g/mol. The molecule has 1 heterocycles. The number of ether oxygens (including phenoxy) is 1. The fourth-order valence-corrected chi connectivity index (χ4v) is 2.85. The third kappa shape index (κ3) is 3.05. The van der Waals surface area contributed by atoms with Crippen LogP contribution in [0.5, 0.6) is 5.75 Å². The van der Waals surface area contributed by atoms with Crippen LogP contribution in [0.25, 0.3) is 0 Å². The van der Waals surface area contributed by atoms with Gasteiger partial charge in [0, 0.05) is 13.1 Å². The minimum absolute atomic E-state index is 0.237. The molecule has 1 amide bonds. The number of nitrogens with zero attached hydrogens (tertiary/aromatic N) is 1. The number of hydrogen-bond acceptors (Lipinski definition) is 3. The Kier molecular flexibility index (Phi) is 4.77. The molecule has 1 N–H and O–H groups in total. The minimum atomic E-state index is -4.91. The van der Waals surface area contributed by atoms with E-state index in [1.807, 2.05) is 0 Å². The van der Waals surface area contributed by atoms with Gasteiger partial charge in [-0.05, 0) is 31.0 Å². The Morgan fingerprint density at radius 3 is 2.54 bits per heavy atom. The summed E-state index contributed by atoms with van der Waals surface area (Å²) in [7, 11) is 1.47. The van der Waals surface area contributed by atoms with Crippen LogP contribution in [0.2, 0.25) is 0 Å². The SMILES string of the molecule is COc1cccc(C(C)C(=O)N2CCC(C(=O)O)(C(F)(F)F)C2)c1. The zero-order valence-corrected chi connectivity index (χ0v) is 13.3. The number of benzene rings is 1. The Morgan fingerprint density at radius 2 is 2.04 bits per heavy atom. The van der Waals surface area contributed by atoms with Gasteiger partial charge in [0.05, 0.1) is 13.0 Å². The maximum absolute atomic E-state index is 13.2. The van der Waals surface area contributed by atoms with Crippen molar-refractivity contribution in [3.8, 4) is 5.75 Å². The molecule has 1 fully saturated rings. The lowest BCUT2D eigenvalue weighted by atomic mass is 9.86. The van der Waals surface area contributed by atoms with Crippen molar-refractivity contribution in [3.63, 3.8) is 0 Å². The normalized spacial score (nSPS) is 22.3. The molecule has 0 radical (unpaired) electrons. The molecule has 1 saturated heterocycles. The molecule has 0 aliphatic carbocycles. The summed E-state index contributed by atoms with van der Waals surface area (Å²) in [6.45, 7) is 0.476. The second kappa shape index (κ2) is 6.33. The van der Waals surface area contributed by atoms with E-state index in [9.17, 15) is 22.8 Å². The van der Waals surface area contributed by atoms with Crippen molar-refractivity contribution in [3.05, 3.63) is 29.8 Å². The maximum atomic E-state index is 13.2. The van der Waals surface area contributed by atoms with Gasteiger partial charge in [-0.25, -0.2) is 0 Å². The number of methoxy groups -OCH3 is 1. The molecule has 1 aliphatic heterocycles. The first kappa shape index (κ1) is 18.1. The van der Waals surface area contributed by atoms with Gasteiger partial charge in [0.25, 0.3) is 0 Å². The molecule has 2 unspecified atom stereocenters. The van der Waals surface area contributed by atoms with E-state index < -0.39 is 42.4 Å². The number of alkyl halides is 3. The van der Waals surface area contributed by atoms with Crippen LogP contribution in [-0.4, -0.2) is 48.3 Å². The van der Waals surface area contributed by atoms with Crippen molar-refractivity contribution in [1.82, 2.24) is 4.90 Å². The molecule has 2 rings (SSSR count). The molecule has 8 heteroatoms. The van der Waals surface area contributed by atoms with Crippen LogP contribution in [-0.2, 0) is 9.59 Å². The van der Waals surface area contributed by atoms with E-state index in [4.69, 9.17) is 9.84 Å². The minimum Gasteiger partial charge on any atom is -0.497 e. The number of carbonyl (C=O) groups is 2. The highest BCUT2D eigenvalue weighted by molar-refractivity contribution is 5.85. The Morgan fingerprint density at radius 1 is 1.38 bits per heavy atom.